The number of aliphatic carboxylic acids is 1. The summed E-state index contributed by atoms with van der Waals surface area (Å²) in [6.07, 6.45) is 3.10. The highest BCUT2D eigenvalue weighted by Gasteiger charge is 2.48. The van der Waals surface area contributed by atoms with Gasteiger partial charge in [0.2, 0.25) is 11.2 Å². The normalized spacial score (nSPS) is 17.2. The molecule has 1 atom stereocenters. The number of benzene rings is 2. The average molecular weight is 758 g/mol. The quantitative estimate of drug-likeness (QED) is 0.0791. The van der Waals surface area contributed by atoms with Crippen molar-refractivity contribution in [3.63, 3.8) is 0 Å². The lowest BCUT2D eigenvalue weighted by molar-refractivity contribution is -0.170. The minimum atomic E-state index is -1.49. The summed E-state index contributed by atoms with van der Waals surface area (Å²) in [5.41, 5.74) is 1.43. The number of imidazole rings is 1. The maximum absolute atomic E-state index is 13.0. The molecule has 1 saturated carbocycles. The number of hydrogen-bond acceptors (Lipinski definition) is 10. The predicted molar refractivity (Wildman–Crippen MR) is 207 cm³/mol. The Balaban J connectivity index is 0.904. The van der Waals surface area contributed by atoms with Gasteiger partial charge < -0.3 is 40.2 Å². The number of nitrogens with one attached hydrogen (secondary N) is 3. The maximum atomic E-state index is 13.0. The second-order valence-electron chi connectivity index (χ2n) is 13.7. The third kappa shape index (κ3) is 7.61. The second kappa shape index (κ2) is 15.8. The number of thiophene rings is 2. The third-order valence-electron chi connectivity index (χ3n) is 10.3. The van der Waals surface area contributed by atoms with E-state index in [0.717, 1.165) is 55.2 Å². The van der Waals surface area contributed by atoms with Gasteiger partial charge in [-0.25, -0.2) is 9.59 Å². The Bertz CT molecular complexity index is 2250. The Morgan fingerprint density at radius 2 is 1.75 bits per heavy atom. The molecule has 53 heavy (non-hydrogen) atoms. The van der Waals surface area contributed by atoms with Gasteiger partial charge in [0.1, 0.15) is 5.75 Å². The number of aromatic amines is 2. The molecule has 6 aromatic rings. The van der Waals surface area contributed by atoms with E-state index < -0.39 is 17.7 Å². The lowest BCUT2D eigenvalue weighted by atomic mass is 9.90. The van der Waals surface area contributed by atoms with Crippen molar-refractivity contribution in [2.24, 2.45) is 0 Å². The number of phenols is 1. The minimum absolute atomic E-state index is 0.0568. The van der Waals surface area contributed by atoms with Crippen LogP contribution in [0.25, 0.3) is 21.9 Å². The Morgan fingerprint density at radius 3 is 2.43 bits per heavy atom. The van der Waals surface area contributed by atoms with Crippen LogP contribution in [0.4, 0.5) is 0 Å². The van der Waals surface area contributed by atoms with Crippen LogP contribution in [0, 0.1) is 0 Å². The minimum Gasteiger partial charge on any atom is -0.506 e. The summed E-state index contributed by atoms with van der Waals surface area (Å²) in [4.78, 5) is 46.8. The number of H-pyrrole nitrogens is 2. The Labute approximate surface area is 313 Å². The molecular formula is C39H43N5O7S2. The van der Waals surface area contributed by atoms with Crippen LogP contribution in [0.15, 0.2) is 87.1 Å². The standard InChI is InChI=1S/C39H43N5O7S2/c1-43(25-8-10-26(11-9-25)51-39(37(48)49,33-5-2-19-52-33)34-6-3-20-53-34)17-4-18-44-30-14-7-24(21-29(30)41-38(44)50)22-40-23-32(46)27-12-15-31(45)36-28(27)13-16-35(47)42-36/h2-3,5-7,12-16,19-21,25-26,32,40,45-46H,4,8-11,17-18,22-23H2,1H3,(H,41,50)(H,42,47)(H,48,49)/t25?,26?,32-/m0/s1. The Kier molecular flexibility index (Phi) is 11.0. The van der Waals surface area contributed by atoms with Gasteiger partial charge in [-0.3, -0.25) is 9.36 Å². The summed E-state index contributed by atoms with van der Waals surface area (Å²) in [7, 11) is 2.11. The number of phenolic OH excluding ortho intramolecular Hbond substituents is 1. The molecule has 2 aromatic carbocycles. The first-order valence-corrected chi connectivity index (χ1v) is 19.5. The van der Waals surface area contributed by atoms with Crippen LogP contribution < -0.4 is 16.6 Å². The molecule has 278 valence electrons. The van der Waals surface area contributed by atoms with Crippen molar-refractivity contribution in [3.8, 4) is 5.75 Å². The number of pyridine rings is 1. The van der Waals surface area contributed by atoms with Crippen molar-refractivity contribution in [2.75, 3.05) is 20.1 Å². The molecule has 1 aliphatic rings. The van der Waals surface area contributed by atoms with E-state index >= 15 is 0 Å². The molecule has 1 aliphatic carbocycles. The van der Waals surface area contributed by atoms with Crippen LogP contribution in [0.2, 0.25) is 0 Å². The molecule has 14 heteroatoms. The first-order valence-electron chi connectivity index (χ1n) is 17.8. The number of aromatic nitrogens is 3. The van der Waals surface area contributed by atoms with Gasteiger partial charge >= 0.3 is 11.7 Å². The van der Waals surface area contributed by atoms with E-state index in [4.69, 9.17) is 4.74 Å². The summed E-state index contributed by atoms with van der Waals surface area (Å²) in [6.45, 7) is 2.09. The molecule has 0 radical (unpaired) electrons. The third-order valence-corrected chi connectivity index (χ3v) is 12.3. The van der Waals surface area contributed by atoms with Crippen molar-refractivity contribution >= 4 is 50.6 Å². The SMILES string of the molecule is CN(CCCn1c(=O)[nH]c2cc(CNC[C@H](O)c3ccc(O)c4[nH]c(=O)ccc34)ccc21)C1CCC(OC(C(=O)O)(c2cccs2)c2cccs2)CC1. The maximum Gasteiger partial charge on any atom is 0.347 e. The largest absolute Gasteiger partial charge is 0.506 e. The molecule has 0 bridgehead atoms. The number of rotatable bonds is 15. The number of ether oxygens (including phenoxy) is 1. The first kappa shape index (κ1) is 36.8. The second-order valence-corrected chi connectivity index (χ2v) is 15.6. The van der Waals surface area contributed by atoms with E-state index in [1.165, 1.54) is 34.8 Å². The number of aromatic hydroxyl groups is 1. The number of carbonyl (C=O) groups is 1. The van der Waals surface area contributed by atoms with Crippen LogP contribution >= 0.6 is 22.7 Å². The number of fused-ring (bicyclic) bond motifs is 2. The van der Waals surface area contributed by atoms with Crippen molar-refractivity contribution in [1.29, 1.82) is 0 Å². The predicted octanol–water partition coefficient (Wildman–Crippen LogP) is 5.50. The molecule has 4 heterocycles. The van der Waals surface area contributed by atoms with E-state index in [1.54, 1.807) is 16.7 Å². The number of carboxylic acids is 1. The molecule has 0 unspecified atom stereocenters. The zero-order chi connectivity index (χ0) is 37.1. The fourth-order valence-electron chi connectivity index (χ4n) is 7.53. The van der Waals surface area contributed by atoms with Crippen molar-refractivity contribution < 1.29 is 24.9 Å². The van der Waals surface area contributed by atoms with E-state index in [1.807, 2.05) is 53.2 Å². The Morgan fingerprint density at radius 1 is 1.02 bits per heavy atom. The number of nitrogens with zero attached hydrogens (tertiary/aromatic N) is 2. The smallest absolute Gasteiger partial charge is 0.347 e. The molecule has 4 aromatic heterocycles. The summed E-state index contributed by atoms with van der Waals surface area (Å²) < 4.78 is 8.32. The van der Waals surface area contributed by atoms with Gasteiger partial charge in [0.25, 0.3) is 0 Å². The molecule has 0 spiro atoms. The van der Waals surface area contributed by atoms with Gasteiger partial charge in [-0.15, -0.1) is 22.7 Å². The highest BCUT2D eigenvalue weighted by molar-refractivity contribution is 7.12. The van der Waals surface area contributed by atoms with Crippen LogP contribution in [-0.4, -0.2) is 73.0 Å². The summed E-state index contributed by atoms with van der Waals surface area (Å²) in [5.74, 6) is -1.04. The average Bonchev–Trinajstić information content (AvgIpc) is 3.94. The molecule has 1 fully saturated rings. The van der Waals surface area contributed by atoms with Crippen LogP contribution in [-0.2, 0) is 28.2 Å². The Hall–Kier alpha value is -4.57. The molecule has 0 aliphatic heterocycles. The van der Waals surface area contributed by atoms with Crippen LogP contribution in [0.3, 0.4) is 0 Å². The zero-order valence-corrected chi connectivity index (χ0v) is 30.9. The number of aliphatic hydroxyl groups is 1. The van der Waals surface area contributed by atoms with E-state index in [0.29, 0.717) is 39.8 Å². The van der Waals surface area contributed by atoms with Gasteiger partial charge in [-0.1, -0.05) is 24.3 Å². The highest BCUT2D eigenvalue weighted by atomic mass is 32.1. The fraction of sp³-hybridized carbons (Fsp3) is 0.359. The number of aliphatic hydroxyl groups excluding tert-OH is 1. The molecule has 0 saturated heterocycles. The van der Waals surface area contributed by atoms with Crippen LogP contribution in [0.1, 0.15) is 59.1 Å². The first-order chi connectivity index (χ1) is 25.6. The lowest BCUT2D eigenvalue weighted by Crippen LogP contribution is -2.44. The number of aryl methyl sites for hydroxylation is 1. The van der Waals surface area contributed by atoms with E-state index in [-0.39, 0.29) is 35.2 Å². The van der Waals surface area contributed by atoms with Gasteiger partial charge in [0, 0.05) is 37.1 Å². The van der Waals surface area contributed by atoms with Crippen LogP contribution in [0.5, 0.6) is 5.75 Å². The fourth-order valence-corrected chi connectivity index (χ4v) is 9.34. The zero-order valence-electron chi connectivity index (χ0n) is 29.3. The lowest BCUT2D eigenvalue weighted by Gasteiger charge is -2.38. The van der Waals surface area contributed by atoms with Gasteiger partial charge in [0.05, 0.1) is 38.5 Å². The van der Waals surface area contributed by atoms with E-state index in [2.05, 4.69) is 27.2 Å². The molecular weight excluding hydrogens is 715 g/mol. The summed E-state index contributed by atoms with van der Waals surface area (Å²) in [6, 6.07) is 19.7. The van der Waals surface area contributed by atoms with Crippen molar-refractivity contribution in [2.45, 2.75) is 69.0 Å². The summed E-state index contributed by atoms with van der Waals surface area (Å²) >= 11 is 2.81. The molecule has 12 nitrogen and oxygen atoms in total. The van der Waals surface area contributed by atoms with Crippen molar-refractivity contribution in [1.82, 2.24) is 24.8 Å². The van der Waals surface area contributed by atoms with Crippen molar-refractivity contribution in [3.05, 3.63) is 119 Å². The topological polar surface area (TPSA) is 173 Å². The summed E-state index contributed by atoms with van der Waals surface area (Å²) in [5, 5.41) is 39.1. The number of hydrogen-bond donors (Lipinski definition) is 6. The van der Waals surface area contributed by atoms with Gasteiger partial charge in [0.15, 0.2) is 0 Å². The monoisotopic (exact) mass is 757 g/mol. The van der Waals surface area contributed by atoms with E-state index in [9.17, 15) is 29.7 Å². The molecule has 7 rings (SSSR count). The van der Waals surface area contributed by atoms with Gasteiger partial charge in [-0.05, 0) is 104 Å². The number of carboxylic acid groups (broad SMARTS) is 1. The molecule has 6 N–H and O–H groups in total. The van der Waals surface area contributed by atoms with Gasteiger partial charge in [-0.2, -0.15) is 0 Å². The highest BCUT2D eigenvalue weighted by Crippen LogP contribution is 2.42. The molecule has 0 amide bonds.